The van der Waals surface area contributed by atoms with Crippen LogP contribution in [-0.4, -0.2) is 11.3 Å². The van der Waals surface area contributed by atoms with Crippen LogP contribution in [0, 0.1) is 6.92 Å². The van der Waals surface area contributed by atoms with Crippen LogP contribution in [0.5, 0.6) is 0 Å². The Balaban J connectivity index is 2.40. The summed E-state index contributed by atoms with van der Waals surface area (Å²) in [7, 11) is 0. The summed E-state index contributed by atoms with van der Waals surface area (Å²) in [4.78, 5) is 0. The molecule has 0 aliphatic carbocycles. The first kappa shape index (κ1) is 16.0. The normalized spacial score (nSPS) is 15.5. The van der Waals surface area contributed by atoms with E-state index in [-0.39, 0.29) is 5.41 Å². The van der Waals surface area contributed by atoms with E-state index in [4.69, 9.17) is 17.3 Å². The van der Waals surface area contributed by atoms with Crippen molar-refractivity contribution in [3.63, 3.8) is 0 Å². The third kappa shape index (κ3) is 4.07. The third-order valence-electron chi connectivity index (χ3n) is 3.91. The van der Waals surface area contributed by atoms with Crippen LogP contribution >= 0.6 is 11.6 Å². The maximum atomic E-state index is 9.71. The maximum absolute atomic E-state index is 9.71. The Hall–Kier alpha value is -1.35. The summed E-state index contributed by atoms with van der Waals surface area (Å²) in [6.45, 7) is 4.19. The van der Waals surface area contributed by atoms with Crippen molar-refractivity contribution < 1.29 is 5.11 Å². The fourth-order valence-electron chi connectivity index (χ4n) is 2.84. The number of benzene rings is 2. The van der Waals surface area contributed by atoms with Crippen LogP contribution in [0.2, 0.25) is 5.02 Å². The van der Waals surface area contributed by atoms with Gasteiger partial charge in [-0.25, -0.2) is 0 Å². The molecule has 0 aliphatic rings. The number of aliphatic hydroxyl groups is 1. The highest BCUT2D eigenvalue weighted by Crippen LogP contribution is 2.34. The number of hydrogen-bond acceptors (Lipinski definition) is 2. The van der Waals surface area contributed by atoms with E-state index >= 15 is 0 Å². The Kier molecular flexibility index (Phi) is 5.04. The van der Waals surface area contributed by atoms with Gasteiger partial charge in [-0.05, 0) is 37.0 Å². The van der Waals surface area contributed by atoms with E-state index in [1.807, 2.05) is 30.3 Å². The summed E-state index contributed by atoms with van der Waals surface area (Å²) in [6, 6.07) is 16.2. The monoisotopic (exact) mass is 303 g/mol. The standard InChI is InChI=1S/C18H22ClNO/c1-13-6-5-8-15(10-13)18(2,12-17(20)21)11-14-7-3-4-9-16(14)19/h3-10,17,21H,11-12,20H2,1-2H3/t17-,18?/m1/s1. The molecule has 0 aromatic heterocycles. The molecule has 2 aromatic carbocycles. The molecule has 0 bridgehead atoms. The van der Waals surface area contributed by atoms with E-state index < -0.39 is 6.23 Å². The van der Waals surface area contributed by atoms with Crippen LogP contribution in [0.1, 0.15) is 30.0 Å². The zero-order valence-corrected chi connectivity index (χ0v) is 13.3. The van der Waals surface area contributed by atoms with Gasteiger partial charge in [-0.2, -0.15) is 0 Å². The zero-order valence-electron chi connectivity index (χ0n) is 12.5. The Bertz CT molecular complexity index is 612. The van der Waals surface area contributed by atoms with Gasteiger partial charge < -0.3 is 10.8 Å². The second kappa shape index (κ2) is 6.61. The van der Waals surface area contributed by atoms with E-state index in [1.165, 1.54) is 11.1 Å². The Morgan fingerprint density at radius 2 is 1.90 bits per heavy atom. The topological polar surface area (TPSA) is 46.2 Å². The molecular weight excluding hydrogens is 282 g/mol. The van der Waals surface area contributed by atoms with Gasteiger partial charge in [0.05, 0.1) is 0 Å². The second-order valence-electron chi connectivity index (χ2n) is 5.97. The Morgan fingerprint density at radius 1 is 1.19 bits per heavy atom. The molecule has 0 saturated heterocycles. The summed E-state index contributed by atoms with van der Waals surface area (Å²) >= 11 is 6.29. The quantitative estimate of drug-likeness (QED) is 0.825. The molecule has 0 heterocycles. The average molecular weight is 304 g/mol. The minimum atomic E-state index is -0.849. The number of nitrogens with two attached hydrogens (primary N) is 1. The highest BCUT2D eigenvalue weighted by molar-refractivity contribution is 6.31. The van der Waals surface area contributed by atoms with Crippen LogP contribution in [0.25, 0.3) is 0 Å². The van der Waals surface area contributed by atoms with Crippen LogP contribution in [-0.2, 0) is 11.8 Å². The van der Waals surface area contributed by atoms with Crippen molar-refractivity contribution in [3.8, 4) is 0 Å². The predicted octanol–water partition coefficient (Wildman–Crippen LogP) is 3.82. The molecule has 0 fully saturated rings. The lowest BCUT2D eigenvalue weighted by atomic mass is 9.74. The molecule has 2 atom stereocenters. The van der Waals surface area contributed by atoms with Gasteiger partial charge in [0, 0.05) is 10.4 Å². The Labute approximate surface area is 131 Å². The molecule has 0 amide bonds. The molecule has 2 nitrogen and oxygen atoms in total. The molecule has 0 spiro atoms. The highest BCUT2D eigenvalue weighted by atomic mass is 35.5. The average Bonchev–Trinajstić information content (AvgIpc) is 2.40. The number of halogens is 1. The van der Waals surface area contributed by atoms with Crippen molar-refractivity contribution in [3.05, 3.63) is 70.2 Å². The molecule has 3 N–H and O–H groups in total. The first-order chi connectivity index (χ1) is 9.90. The van der Waals surface area contributed by atoms with Crippen LogP contribution in [0.3, 0.4) is 0 Å². The van der Waals surface area contributed by atoms with Gasteiger partial charge in [0.25, 0.3) is 0 Å². The van der Waals surface area contributed by atoms with Crippen molar-refractivity contribution >= 4 is 11.6 Å². The minimum absolute atomic E-state index is 0.259. The highest BCUT2D eigenvalue weighted by Gasteiger charge is 2.29. The minimum Gasteiger partial charge on any atom is -0.379 e. The lowest BCUT2D eigenvalue weighted by Gasteiger charge is -2.32. The lowest BCUT2D eigenvalue weighted by Crippen LogP contribution is -2.34. The SMILES string of the molecule is Cc1cccc(C(C)(Cc2ccccc2Cl)C[C@H](N)O)c1. The lowest BCUT2D eigenvalue weighted by molar-refractivity contribution is 0.140. The summed E-state index contributed by atoms with van der Waals surface area (Å²) in [5, 5.41) is 10.5. The number of aryl methyl sites for hydroxylation is 1. The molecule has 112 valence electrons. The van der Waals surface area contributed by atoms with Crippen molar-refractivity contribution in [1.82, 2.24) is 0 Å². The van der Waals surface area contributed by atoms with Crippen LogP contribution in [0.4, 0.5) is 0 Å². The summed E-state index contributed by atoms with van der Waals surface area (Å²) < 4.78 is 0. The van der Waals surface area contributed by atoms with Gasteiger partial charge in [-0.15, -0.1) is 0 Å². The molecule has 1 unspecified atom stereocenters. The number of aliphatic hydroxyl groups excluding tert-OH is 1. The largest absolute Gasteiger partial charge is 0.379 e. The van der Waals surface area contributed by atoms with Crippen molar-refractivity contribution in [2.24, 2.45) is 5.73 Å². The third-order valence-corrected chi connectivity index (χ3v) is 4.28. The molecule has 3 heteroatoms. The van der Waals surface area contributed by atoms with Crippen LogP contribution in [0.15, 0.2) is 48.5 Å². The smallest absolute Gasteiger partial charge is 0.103 e. The van der Waals surface area contributed by atoms with Crippen molar-refractivity contribution in [1.29, 1.82) is 0 Å². The fourth-order valence-corrected chi connectivity index (χ4v) is 3.04. The zero-order chi connectivity index (χ0) is 15.5. The van der Waals surface area contributed by atoms with Crippen molar-refractivity contribution in [2.45, 2.75) is 38.3 Å². The van der Waals surface area contributed by atoms with E-state index in [9.17, 15) is 5.11 Å². The maximum Gasteiger partial charge on any atom is 0.103 e. The van der Waals surface area contributed by atoms with Gasteiger partial charge in [0.2, 0.25) is 0 Å². The van der Waals surface area contributed by atoms with E-state index in [2.05, 4.69) is 32.0 Å². The van der Waals surface area contributed by atoms with Gasteiger partial charge in [-0.1, -0.05) is 66.6 Å². The summed E-state index contributed by atoms with van der Waals surface area (Å²) in [5.41, 5.74) is 8.85. The Morgan fingerprint density at radius 3 is 2.52 bits per heavy atom. The number of rotatable bonds is 5. The fraction of sp³-hybridized carbons (Fsp3) is 0.333. The van der Waals surface area contributed by atoms with Gasteiger partial charge in [0.1, 0.15) is 6.23 Å². The molecule has 2 rings (SSSR count). The molecule has 2 aromatic rings. The molecule has 0 radical (unpaired) electrons. The number of hydrogen-bond donors (Lipinski definition) is 2. The molecule has 0 saturated carbocycles. The van der Waals surface area contributed by atoms with Crippen LogP contribution < -0.4 is 5.73 Å². The first-order valence-corrected chi connectivity index (χ1v) is 7.53. The van der Waals surface area contributed by atoms with Gasteiger partial charge >= 0.3 is 0 Å². The predicted molar refractivity (Wildman–Crippen MR) is 88.5 cm³/mol. The first-order valence-electron chi connectivity index (χ1n) is 7.15. The van der Waals surface area contributed by atoms with E-state index in [1.54, 1.807) is 0 Å². The van der Waals surface area contributed by atoms with Crippen molar-refractivity contribution in [2.75, 3.05) is 0 Å². The van der Waals surface area contributed by atoms with Gasteiger partial charge in [0.15, 0.2) is 0 Å². The summed E-state index contributed by atoms with van der Waals surface area (Å²) in [6.07, 6.45) is 0.379. The molecule has 0 aliphatic heterocycles. The van der Waals surface area contributed by atoms with E-state index in [0.717, 1.165) is 17.0 Å². The summed E-state index contributed by atoms with van der Waals surface area (Å²) in [5.74, 6) is 0. The second-order valence-corrected chi connectivity index (χ2v) is 6.38. The molecule has 21 heavy (non-hydrogen) atoms. The molecular formula is C18H22ClNO. The van der Waals surface area contributed by atoms with E-state index in [0.29, 0.717) is 6.42 Å². The van der Waals surface area contributed by atoms with Gasteiger partial charge in [-0.3, -0.25) is 0 Å².